The Morgan fingerprint density at radius 2 is 1.86 bits per heavy atom. The SMILES string of the molecule is CC(C)(C)OC(=O)N[C@@H](c1ccccc1Cl)[C@H](O)C(=O)O. The normalized spacial score (nSPS) is 14.1. The highest BCUT2D eigenvalue weighted by molar-refractivity contribution is 6.31. The van der Waals surface area contributed by atoms with Gasteiger partial charge in [0.05, 0.1) is 6.04 Å². The van der Waals surface area contributed by atoms with Crippen LogP contribution in [0, 0.1) is 0 Å². The van der Waals surface area contributed by atoms with Crippen LogP contribution in [0.15, 0.2) is 24.3 Å². The molecular formula is C14H18ClNO5. The molecule has 3 N–H and O–H groups in total. The van der Waals surface area contributed by atoms with Gasteiger partial charge in [0.25, 0.3) is 0 Å². The minimum atomic E-state index is -1.85. The summed E-state index contributed by atoms with van der Waals surface area (Å²) in [5, 5.41) is 21.3. The third kappa shape index (κ3) is 5.24. The van der Waals surface area contributed by atoms with Crippen LogP contribution in [-0.2, 0) is 9.53 Å². The first-order valence-electron chi connectivity index (χ1n) is 6.26. The van der Waals surface area contributed by atoms with Crippen LogP contribution < -0.4 is 5.32 Å². The fraction of sp³-hybridized carbons (Fsp3) is 0.429. The number of carbonyl (C=O) groups excluding carboxylic acids is 1. The highest BCUT2D eigenvalue weighted by atomic mass is 35.5. The zero-order valence-electron chi connectivity index (χ0n) is 12.0. The van der Waals surface area contributed by atoms with Crippen molar-refractivity contribution in [3.05, 3.63) is 34.9 Å². The molecule has 0 saturated heterocycles. The monoisotopic (exact) mass is 315 g/mol. The molecule has 0 aromatic heterocycles. The molecule has 116 valence electrons. The number of nitrogens with one attached hydrogen (secondary N) is 1. The molecule has 0 aliphatic heterocycles. The van der Waals surface area contributed by atoms with E-state index in [1.807, 2.05) is 0 Å². The summed E-state index contributed by atoms with van der Waals surface area (Å²) in [4.78, 5) is 22.8. The Balaban J connectivity index is 3.02. The molecule has 2 atom stereocenters. The number of hydrogen-bond acceptors (Lipinski definition) is 4. The van der Waals surface area contributed by atoms with E-state index in [0.29, 0.717) is 5.56 Å². The molecule has 21 heavy (non-hydrogen) atoms. The molecule has 0 fully saturated rings. The quantitative estimate of drug-likeness (QED) is 0.792. The molecule has 0 bridgehead atoms. The third-order valence-electron chi connectivity index (χ3n) is 2.48. The van der Waals surface area contributed by atoms with Gasteiger partial charge in [-0.2, -0.15) is 0 Å². The summed E-state index contributed by atoms with van der Waals surface area (Å²) in [6.45, 7) is 5.01. The van der Waals surface area contributed by atoms with Gasteiger partial charge in [0, 0.05) is 5.02 Å². The summed E-state index contributed by atoms with van der Waals surface area (Å²) in [6.07, 6.45) is -2.69. The number of carboxylic acid groups (broad SMARTS) is 1. The number of aliphatic hydroxyl groups excluding tert-OH is 1. The molecule has 0 aliphatic carbocycles. The van der Waals surface area contributed by atoms with E-state index in [1.165, 1.54) is 12.1 Å². The van der Waals surface area contributed by atoms with Crippen molar-refractivity contribution in [3.8, 4) is 0 Å². The molecule has 6 nitrogen and oxygen atoms in total. The number of carbonyl (C=O) groups is 2. The van der Waals surface area contributed by atoms with Crippen molar-refractivity contribution >= 4 is 23.7 Å². The zero-order chi connectivity index (χ0) is 16.2. The minimum absolute atomic E-state index is 0.235. The molecule has 1 amide bonds. The van der Waals surface area contributed by atoms with E-state index < -0.39 is 29.8 Å². The molecule has 0 unspecified atom stereocenters. The maximum Gasteiger partial charge on any atom is 0.408 e. The lowest BCUT2D eigenvalue weighted by molar-refractivity contribution is -0.148. The van der Waals surface area contributed by atoms with E-state index in [4.69, 9.17) is 21.4 Å². The fourth-order valence-corrected chi connectivity index (χ4v) is 1.88. The van der Waals surface area contributed by atoms with Crippen molar-refractivity contribution in [3.63, 3.8) is 0 Å². The highest BCUT2D eigenvalue weighted by Gasteiger charge is 2.31. The van der Waals surface area contributed by atoms with Crippen molar-refractivity contribution < 1.29 is 24.5 Å². The standard InChI is InChI=1S/C14H18ClNO5/c1-14(2,3)21-13(20)16-10(11(17)12(18)19)8-6-4-5-7-9(8)15/h4-7,10-11,17H,1-3H3,(H,16,20)(H,18,19)/t10-,11-/m0/s1. The van der Waals surface area contributed by atoms with Gasteiger partial charge < -0.3 is 20.3 Å². The van der Waals surface area contributed by atoms with Crippen LogP contribution in [0.2, 0.25) is 5.02 Å². The maximum absolute atomic E-state index is 11.8. The van der Waals surface area contributed by atoms with Gasteiger partial charge in [0.15, 0.2) is 6.10 Å². The fourth-order valence-electron chi connectivity index (χ4n) is 1.63. The molecule has 1 aromatic rings. The Labute approximate surface area is 127 Å². The number of benzene rings is 1. The zero-order valence-corrected chi connectivity index (χ0v) is 12.7. The van der Waals surface area contributed by atoms with Gasteiger partial charge >= 0.3 is 12.1 Å². The predicted octanol–water partition coefficient (Wildman–Crippen LogP) is 2.35. The van der Waals surface area contributed by atoms with Crippen LogP contribution in [0.1, 0.15) is 32.4 Å². The number of amides is 1. The number of hydrogen-bond donors (Lipinski definition) is 3. The lowest BCUT2D eigenvalue weighted by Crippen LogP contribution is -2.42. The minimum Gasteiger partial charge on any atom is -0.479 e. The maximum atomic E-state index is 11.8. The van der Waals surface area contributed by atoms with Crippen LogP contribution in [0.25, 0.3) is 0 Å². The topological polar surface area (TPSA) is 95.9 Å². The second-order valence-electron chi connectivity index (χ2n) is 5.43. The van der Waals surface area contributed by atoms with Crippen molar-refractivity contribution in [2.45, 2.75) is 38.5 Å². The summed E-state index contributed by atoms with van der Waals surface area (Å²) >= 11 is 5.99. The van der Waals surface area contributed by atoms with Crippen LogP contribution in [0.5, 0.6) is 0 Å². The second kappa shape index (κ2) is 6.78. The average Bonchev–Trinajstić information content (AvgIpc) is 2.34. The number of aliphatic carboxylic acids is 1. The van der Waals surface area contributed by atoms with E-state index >= 15 is 0 Å². The molecule has 0 saturated carbocycles. The van der Waals surface area contributed by atoms with E-state index in [0.717, 1.165) is 0 Å². The van der Waals surface area contributed by atoms with Crippen LogP contribution in [0.4, 0.5) is 4.79 Å². The Morgan fingerprint density at radius 1 is 1.29 bits per heavy atom. The number of ether oxygens (including phenoxy) is 1. The first-order valence-corrected chi connectivity index (χ1v) is 6.64. The largest absolute Gasteiger partial charge is 0.479 e. The Morgan fingerprint density at radius 3 is 2.33 bits per heavy atom. The van der Waals surface area contributed by atoms with Crippen molar-refractivity contribution in [2.75, 3.05) is 0 Å². The van der Waals surface area contributed by atoms with Crippen LogP contribution in [-0.4, -0.2) is 34.0 Å². The van der Waals surface area contributed by atoms with Crippen molar-refractivity contribution in [2.24, 2.45) is 0 Å². The second-order valence-corrected chi connectivity index (χ2v) is 5.84. The van der Waals surface area contributed by atoms with Crippen LogP contribution in [0.3, 0.4) is 0 Å². The number of rotatable bonds is 4. The number of carboxylic acids is 1. The molecule has 0 heterocycles. The molecule has 0 radical (unpaired) electrons. The number of alkyl carbamates (subject to hydrolysis) is 1. The van der Waals surface area contributed by atoms with E-state index in [9.17, 15) is 14.7 Å². The first kappa shape index (κ1) is 17.3. The average molecular weight is 316 g/mol. The molecular weight excluding hydrogens is 298 g/mol. The van der Waals surface area contributed by atoms with Gasteiger partial charge in [-0.25, -0.2) is 9.59 Å². The van der Waals surface area contributed by atoms with Crippen molar-refractivity contribution in [1.29, 1.82) is 0 Å². The molecule has 1 rings (SSSR count). The summed E-state index contributed by atoms with van der Waals surface area (Å²) in [5.74, 6) is -1.48. The highest BCUT2D eigenvalue weighted by Crippen LogP contribution is 2.26. The lowest BCUT2D eigenvalue weighted by Gasteiger charge is -2.25. The summed E-state index contributed by atoms with van der Waals surface area (Å²) < 4.78 is 5.06. The Kier molecular flexibility index (Phi) is 5.57. The molecule has 0 aliphatic rings. The summed E-state index contributed by atoms with van der Waals surface area (Å²) in [7, 11) is 0. The molecule has 1 aromatic carbocycles. The van der Waals surface area contributed by atoms with Gasteiger partial charge in [-0.15, -0.1) is 0 Å². The first-order chi connectivity index (χ1) is 9.61. The van der Waals surface area contributed by atoms with Gasteiger partial charge in [0.1, 0.15) is 5.60 Å². The molecule has 7 heteroatoms. The van der Waals surface area contributed by atoms with E-state index in [-0.39, 0.29) is 5.02 Å². The summed E-state index contributed by atoms with van der Waals surface area (Å²) in [5.41, 5.74) is -0.455. The van der Waals surface area contributed by atoms with Gasteiger partial charge in [-0.1, -0.05) is 29.8 Å². The van der Waals surface area contributed by atoms with Gasteiger partial charge in [-0.05, 0) is 32.4 Å². The van der Waals surface area contributed by atoms with Crippen LogP contribution >= 0.6 is 11.6 Å². The lowest BCUT2D eigenvalue weighted by atomic mass is 10.0. The smallest absolute Gasteiger partial charge is 0.408 e. The van der Waals surface area contributed by atoms with E-state index in [2.05, 4.69) is 5.32 Å². The van der Waals surface area contributed by atoms with Gasteiger partial charge in [0.2, 0.25) is 0 Å². The Bertz CT molecular complexity index is 526. The summed E-state index contributed by atoms with van der Waals surface area (Å²) in [6, 6.07) is 5.13. The third-order valence-corrected chi connectivity index (χ3v) is 2.83. The Hall–Kier alpha value is -1.79. The predicted molar refractivity (Wildman–Crippen MR) is 77.2 cm³/mol. The van der Waals surface area contributed by atoms with Gasteiger partial charge in [-0.3, -0.25) is 0 Å². The number of aliphatic hydroxyl groups is 1. The molecule has 0 spiro atoms. The number of halogens is 1. The van der Waals surface area contributed by atoms with E-state index in [1.54, 1.807) is 32.9 Å². The van der Waals surface area contributed by atoms with Crippen molar-refractivity contribution in [1.82, 2.24) is 5.32 Å².